The maximum absolute atomic E-state index is 13.6. The number of ether oxygens (including phenoxy) is 1. The first-order valence-corrected chi connectivity index (χ1v) is 8.53. The summed E-state index contributed by atoms with van der Waals surface area (Å²) in [5, 5.41) is 14.5. The Morgan fingerprint density at radius 1 is 1.31 bits per heavy atom. The van der Waals surface area contributed by atoms with Crippen LogP contribution in [0.3, 0.4) is 0 Å². The zero-order valence-electron chi connectivity index (χ0n) is 14.6. The second-order valence-corrected chi connectivity index (χ2v) is 6.93. The first-order valence-electron chi connectivity index (χ1n) is 8.53. The minimum Gasteiger partial charge on any atom is -0.484 e. The Hall–Kier alpha value is -2.09. The number of benzene rings is 1. The van der Waals surface area contributed by atoms with Crippen molar-refractivity contribution in [1.29, 1.82) is 0 Å². The Kier molecular flexibility index (Phi) is 4.72. The van der Waals surface area contributed by atoms with Crippen LogP contribution in [-0.4, -0.2) is 40.2 Å². The van der Waals surface area contributed by atoms with Gasteiger partial charge in [0.25, 0.3) is 11.6 Å². The molecule has 1 aliphatic heterocycles. The maximum Gasteiger partial charge on any atom is 0.439 e. The molecule has 1 aliphatic carbocycles. The van der Waals surface area contributed by atoms with Gasteiger partial charge in [-0.3, -0.25) is 4.79 Å². The van der Waals surface area contributed by atoms with Gasteiger partial charge in [-0.15, -0.1) is 0 Å². The first kappa shape index (κ1) is 18.7. The highest BCUT2D eigenvalue weighted by Gasteiger charge is 2.68. The molecule has 0 saturated heterocycles. The molecule has 1 aromatic rings. The summed E-state index contributed by atoms with van der Waals surface area (Å²) in [5.41, 5.74) is -1.25. The number of halogens is 3. The molecule has 1 fully saturated rings. The van der Waals surface area contributed by atoms with E-state index in [1.54, 1.807) is 12.1 Å². The topological polar surface area (TPSA) is 62.1 Å². The molecule has 1 amide bonds. The third-order valence-corrected chi connectivity index (χ3v) is 4.83. The third kappa shape index (κ3) is 3.18. The lowest BCUT2D eigenvalue weighted by atomic mass is 9.80. The summed E-state index contributed by atoms with van der Waals surface area (Å²) in [5.74, 6) is -1.84. The van der Waals surface area contributed by atoms with E-state index in [0.29, 0.717) is 25.0 Å². The Morgan fingerprint density at radius 2 is 1.96 bits per heavy atom. The summed E-state index contributed by atoms with van der Waals surface area (Å²) in [7, 11) is 0. The molecule has 2 atom stereocenters. The number of nitrogens with zero attached hydrogens (tertiary/aromatic N) is 2. The normalized spacial score (nSPS) is 25.7. The number of hydrogen-bond donors (Lipinski definition) is 1. The molecule has 2 unspecified atom stereocenters. The number of aryl methyl sites for hydroxylation is 2. The lowest BCUT2D eigenvalue weighted by Crippen LogP contribution is -2.62. The fourth-order valence-electron chi connectivity index (χ4n) is 3.69. The summed E-state index contributed by atoms with van der Waals surface area (Å²) in [6, 6.07) is 5.28. The maximum atomic E-state index is 13.6. The molecular weight excluding hydrogens is 349 g/mol. The van der Waals surface area contributed by atoms with E-state index in [9.17, 15) is 23.1 Å². The van der Waals surface area contributed by atoms with Gasteiger partial charge in [0.05, 0.1) is 5.92 Å². The Balaban J connectivity index is 1.81. The molecule has 0 aromatic heterocycles. The number of fused-ring (bicyclic) bond motifs is 1. The van der Waals surface area contributed by atoms with Gasteiger partial charge < -0.3 is 9.84 Å². The molecule has 2 aliphatic rings. The van der Waals surface area contributed by atoms with Crippen molar-refractivity contribution in [2.45, 2.75) is 51.4 Å². The van der Waals surface area contributed by atoms with Crippen LogP contribution in [-0.2, 0) is 4.79 Å². The molecule has 3 rings (SSSR count). The average Bonchev–Trinajstić information content (AvgIpc) is 2.86. The van der Waals surface area contributed by atoms with Crippen molar-refractivity contribution >= 4 is 11.6 Å². The summed E-state index contributed by atoms with van der Waals surface area (Å²) in [6.07, 6.45) is -3.25. The van der Waals surface area contributed by atoms with Gasteiger partial charge >= 0.3 is 6.18 Å². The minimum atomic E-state index is -5.00. The second-order valence-electron chi connectivity index (χ2n) is 6.93. The van der Waals surface area contributed by atoms with Crippen LogP contribution in [0.2, 0.25) is 0 Å². The number of hydrazone groups is 1. The zero-order valence-corrected chi connectivity index (χ0v) is 14.6. The molecule has 0 radical (unpaired) electrons. The molecule has 26 heavy (non-hydrogen) atoms. The molecular formula is C18H21F3N2O3. The van der Waals surface area contributed by atoms with Crippen molar-refractivity contribution < 1.29 is 27.8 Å². The molecule has 0 bridgehead atoms. The van der Waals surface area contributed by atoms with Crippen LogP contribution in [0.5, 0.6) is 5.75 Å². The number of carbonyl (C=O) groups excluding carboxylic acids is 1. The number of rotatable bonds is 3. The van der Waals surface area contributed by atoms with Crippen LogP contribution in [0.1, 0.15) is 36.8 Å². The van der Waals surface area contributed by atoms with Crippen LogP contribution in [0, 0.1) is 19.8 Å². The Bertz CT molecular complexity index is 727. The molecule has 8 heteroatoms. The highest BCUT2D eigenvalue weighted by Crippen LogP contribution is 2.48. The van der Waals surface area contributed by atoms with Gasteiger partial charge in [-0.05, 0) is 56.4 Å². The first-order chi connectivity index (χ1) is 12.1. The Morgan fingerprint density at radius 3 is 2.58 bits per heavy atom. The van der Waals surface area contributed by atoms with E-state index in [1.165, 1.54) is 0 Å². The van der Waals surface area contributed by atoms with Crippen LogP contribution in [0.15, 0.2) is 23.3 Å². The van der Waals surface area contributed by atoms with Crippen molar-refractivity contribution in [3.05, 3.63) is 29.3 Å². The van der Waals surface area contributed by atoms with E-state index in [4.69, 9.17) is 4.74 Å². The monoisotopic (exact) mass is 370 g/mol. The Labute approximate surface area is 149 Å². The van der Waals surface area contributed by atoms with Crippen molar-refractivity contribution in [1.82, 2.24) is 5.01 Å². The summed E-state index contributed by atoms with van der Waals surface area (Å²) < 4.78 is 46.3. The lowest BCUT2D eigenvalue weighted by molar-refractivity contribution is -0.317. The second kappa shape index (κ2) is 6.57. The van der Waals surface area contributed by atoms with E-state index in [0.717, 1.165) is 11.1 Å². The molecule has 142 valence electrons. The van der Waals surface area contributed by atoms with Gasteiger partial charge in [-0.1, -0.05) is 12.5 Å². The van der Waals surface area contributed by atoms with E-state index >= 15 is 0 Å². The standard InChI is InChI=1S/C18H21F3N2O3/c1-11-7-12(2)9-13(8-11)26-10-16(24)23-17(25,18(19,20)21)14-5-3-4-6-15(14)22-23/h7-9,14,25H,3-6,10H2,1-2H3. The van der Waals surface area contributed by atoms with Crippen LogP contribution in [0.4, 0.5) is 13.2 Å². The number of amides is 1. The van der Waals surface area contributed by atoms with Gasteiger partial charge in [0.15, 0.2) is 6.61 Å². The summed E-state index contributed by atoms with van der Waals surface area (Å²) in [4.78, 5) is 12.4. The molecule has 1 N–H and O–H groups in total. The largest absolute Gasteiger partial charge is 0.484 e. The average molecular weight is 370 g/mol. The predicted octanol–water partition coefficient (Wildman–Crippen LogP) is 3.32. The molecule has 1 saturated carbocycles. The zero-order chi connectivity index (χ0) is 19.1. The van der Waals surface area contributed by atoms with Crippen molar-refractivity contribution in [3.8, 4) is 5.75 Å². The van der Waals surface area contributed by atoms with Crippen molar-refractivity contribution in [2.24, 2.45) is 11.0 Å². The van der Waals surface area contributed by atoms with E-state index in [2.05, 4.69) is 5.10 Å². The highest BCUT2D eigenvalue weighted by atomic mass is 19.4. The predicted molar refractivity (Wildman–Crippen MR) is 88.7 cm³/mol. The minimum absolute atomic E-state index is 0.149. The summed E-state index contributed by atoms with van der Waals surface area (Å²) >= 11 is 0. The quantitative estimate of drug-likeness (QED) is 0.888. The van der Waals surface area contributed by atoms with Gasteiger partial charge in [0.2, 0.25) is 0 Å². The fourth-order valence-corrected chi connectivity index (χ4v) is 3.69. The lowest BCUT2D eigenvalue weighted by Gasteiger charge is -2.38. The smallest absolute Gasteiger partial charge is 0.439 e. The fraction of sp³-hybridized carbons (Fsp3) is 0.556. The number of alkyl halides is 3. The molecule has 1 heterocycles. The van der Waals surface area contributed by atoms with Gasteiger partial charge in [-0.25, -0.2) is 0 Å². The van der Waals surface area contributed by atoms with Crippen molar-refractivity contribution in [3.63, 3.8) is 0 Å². The van der Waals surface area contributed by atoms with Crippen LogP contribution < -0.4 is 4.74 Å². The van der Waals surface area contributed by atoms with E-state index in [1.807, 2.05) is 19.9 Å². The third-order valence-electron chi connectivity index (χ3n) is 4.83. The molecule has 5 nitrogen and oxygen atoms in total. The van der Waals surface area contributed by atoms with E-state index < -0.39 is 30.3 Å². The molecule has 1 aromatic carbocycles. The van der Waals surface area contributed by atoms with Gasteiger partial charge in [0.1, 0.15) is 5.75 Å². The van der Waals surface area contributed by atoms with Crippen molar-refractivity contribution in [2.75, 3.05) is 6.61 Å². The number of carbonyl (C=O) groups is 1. The van der Waals surface area contributed by atoms with Gasteiger partial charge in [-0.2, -0.15) is 23.3 Å². The van der Waals surface area contributed by atoms with E-state index in [-0.39, 0.29) is 17.1 Å². The highest BCUT2D eigenvalue weighted by molar-refractivity contribution is 5.93. The molecule has 0 spiro atoms. The van der Waals surface area contributed by atoms with Crippen LogP contribution >= 0.6 is 0 Å². The number of aliphatic hydroxyl groups is 1. The van der Waals surface area contributed by atoms with Gasteiger partial charge in [0, 0.05) is 5.71 Å². The number of hydrogen-bond acceptors (Lipinski definition) is 4. The SMILES string of the molecule is Cc1cc(C)cc(OCC(=O)N2N=C3CCCCC3C2(O)C(F)(F)F)c1. The van der Waals surface area contributed by atoms with Crippen LogP contribution in [0.25, 0.3) is 0 Å². The summed E-state index contributed by atoms with van der Waals surface area (Å²) in [6.45, 7) is 3.06.